The summed E-state index contributed by atoms with van der Waals surface area (Å²) in [5.41, 5.74) is 1.68. The van der Waals surface area contributed by atoms with Gasteiger partial charge in [-0.05, 0) is 57.0 Å². The third-order valence-electron chi connectivity index (χ3n) is 5.23. The maximum Gasteiger partial charge on any atom is 0.278 e. The van der Waals surface area contributed by atoms with Crippen molar-refractivity contribution in [3.63, 3.8) is 0 Å². The predicted octanol–water partition coefficient (Wildman–Crippen LogP) is 4.11. The number of nitrogens with zero attached hydrogens (tertiary/aromatic N) is 1. The lowest BCUT2D eigenvalue weighted by Crippen LogP contribution is -2.34. The van der Waals surface area contributed by atoms with Crippen LogP contribution in [0, 0.1) is 0 Å². The average molecular weight is 469 g/mol. The van der Waals surface area contributed by atoms with E-state index >= 15 is 0 Å². The van der Waals surface area contributed by atoms with E-state index in [1.807, 2.05) is 39.0 Å². The van der Waals surface area contributed by atoms with Gasteiger partial charge in [0.2, 0.25) is 0 Å². The van der Waals surface area contributed by atoms with Gasteiger partial charge in [0, 0.05) is 24.9 Å². The van der Waals surface area contributed by atoms with Gasteiger partial charge in [-0.3, -0.25) is 14.5 Å². The summed E-state index contributed by atoms with van der Waals surface area (Å²) in [5, 5.41) is 3.16. The molecule has 8 heteroatoms. The summed E-state index contributed by atoms with van der Waals surface area (Å²) in [6.07, 6.45) is 0.627. The van der Waals surface area contributed by atoms with E-state index in [2.05, 4.69) is 5.32 Å². The molecule has 0 fully saturated rings. The van der Waals surface area contributed by atoms with Crippen molar-refractivity contribution in [2.24, 2.45) is 0 Å². The highest BCUT2D eigenvalue weighted by Crippen LogP contribution is 2.36. The number of anilines is 1. The lowest BCUT2D eigenvalue weighted by molar-refractivity contribution is -0.137. The summed E-state index contributed by atoms with van der Waals surface area (Å²) in [4.78, 5) is 28.1. The highest BCUT2D eigenvalue weighted by Gasteiger charge is 2.39. The number of hydrogen-bond donors (Lipinski definition) is 1. The third kappa shape index (κ3) is 5.69. The van der Waals surface area contributed by atoms with Crippen LogP contribution in [-0.4, -0.2) is 56.8 Å². The number of hydrogen-bond acceptors (Lipinski definition) is 7. The summed E-state index contributed by atoms with van der Waals surface area (Å²) in [7, 11) is 3.07. The van der Waals surface area contributed by atoms with Gasteiger partial charge in [0.25, 0.3) is 11.8 Å². The SMILES string of the molecule is CCOc1cccc(NC2=C(c3ccc(OC)c(OC)c3)C(=O)N(CCCOC(C)C)C2=O)c1. The van der Waals surface area contributed by atoms with Gasteiger partial charge < -0.3 is 24.3 Å². The van der Waals surface area contributed by atoms with E-state index in [0.29, 0.717) is 48.1 Å². The number of ether oxygens (including phenoxy) is 4. The Morgan fingerprint density at radius 1 is 0.971 bits per heavy atom. The van der Waals surface area contributed by atoms with Crippen LogP contribution in [0.25, 0.3) is 5.57 Å². The molecule has 34 heavy (non-hydrogen) atoms. The number of methoxy groups -OCH3 is 2. The van der Waals surface area contributed by atoms with Gasteiger partial charge in [-0.25, -0.2) is 0 Å². The Morgan fingerprint density at radius 3 is 2.41 bits per heavy atom. The first-order valence-electron chi connectivity index (χ1n) is 11.3. The number of imide groups is 1. The lowest BCUT2D eigenvalue weighted by Gasteiger charge is -2.16. The normalized spacial score (nSPS) is 13.6. The summed E-state index contributed by atoms with van der Waals surface area (Å²) in [6.45, 7) is 7.03. The van der Waals surface area contributed by atoms with Crippen LogP contribution >= 0.6 is 0 Å². The zero-order chi connectivity index (χ0) is 24.7. The van der Waals surface area contributed by atoms with Crippen molar-refractivity contribution in [3.05, 3.63) is 53.7 Å². The second-order valence-electron chi connectivity index (χ2n) is 7.94. The maximum atomic E-state index is 13.4. The van der Waals surface area contributed by atoms with E-state index in [0.717, 1.165) is 0 Å². The standard InChI is InChI=1S/C26H32N2O6/c1-6-33-20-10-7-9-19(16-20)27-24-23(18-11-12-21(31-4)22(15-18)32-5)25(29)28(26(24)30)13-8-14-34-17(2)3/h7,9-12,15-17,27H,6,8,13-14H2,1-5H3. The molecule has 2 amide bonds. The van der Waals surface area contributed by atoms with Crippen molar-refractivity contribution in [1.82, 2.24) is 4.90 Å². The molecular weight excluding hydrogens is 436 g/mol. The number of amides is 2. The quantitative estimate of drug-likeness (QED) is 0.371. The Balaban J connectivity index is 1.97. The van der Waals surface area contributed by atoms with Crippen molar-refractivity contribution in [2.75, 3.05) is 39.3 Å². The van der Waals surface area contributed by atoms with Crippen LogP contribution in [0.2, 0.25) is 0 Å². The average Bonchev–Trinajstić information content (AvgIpc) is 3.05. The molecule has 1 aliphatic heterocycles. The maximum absolute atomic E-state index is 13.4. The van der Waals surface area contributed by atoms with Gasteiger partial charge in [-0.1, -0.05) is 12.1 Å². The van der Waals surface area contributed by atoms with Crippen molar-refractivity contribution in [2.45, 2.75) is 33.3 Å². The molecule has 8 nitrogen and oxygen atoms in total. The molecule has 1 heterocycles. The molecule has 0 saturated heterocycles. The minimum absolute atomic E-state index is 0.0836. The summed E-state index contributed by atoms with van der Waals surface area (Å²) < 4.78 is 21.9. The van der Waals surface area contributed by atoms with Gasteiger partial charge in [-0.15, -0.1) is 0 Å². The minimum Gasteiger partial charge on any atom is -0.494 e. The van der Waals surface area contributed by atoms with E-state index in [4.69, 9.17) is 18.9 Å². The molecule has 0 atom stereocenters. The van der Waals surface area contributed by atoms with Gasteiger partial charge >= 0.3 is 0 Å². The molecule has 0 bridgehead atoms. The highest BCUT2D eigenvalue weighted by atomic mass is 16.5. The van der Waals surface area contributed by atoms with Gasteiger partial charge in [0.15, 0.2) is 11.5 Å². The van der Waals surface area contributed by atoms with Crippen LogP contribution in [0.5, 0.6) is 17.2 Å². The van der Waals surface area contributed by atoms with Crippen LogP contribution in [0.1, 0.15) is 32.8 Å². The second-order valence-corrected chi connectivity index (χ2v) is 7.94. The fourth-order valence-corrected chi connectivity index (χ4v) is 3.67. The Labute approximate surface area is 200 Å². The Hall–Kier alpha value is -3.52. The van der Waals surface area contributed by atoms with Crippen molar-refractivity contribution < 1.29 is 28.5 Å². The fraction of sp³-hybridized carbons (Fsp3) is 0.385. The first-order chi connectivity index (χ1) is 16.4. The number of carbonyl (C=O) groups is 2. The number of carbonyl (C=O) groups excluding carboxylic acids is 2. The Morgan fingerprint density at radius 2 is 1.74 bits per heavy atom. The van der Waals surface area contributed by atoms with E-state index in [1.165, 1.54) is 12.0 Å². The number of rotatable bonds is 12. The Bertz CT molecular complexity index is 1060. The van der Waals surface area contributed by atoms with Crippen LogP contribution in [-0.2, 0) is 14.3 Å². The van der Waals surface area contributed by atoms with Crippen LogP contribution < -0.4 is 19.5 Å². The minimum atomic E-state index is -0.388. The molecule has 0 aliphatic carbocycles. The van der Waals surface area contributed by atoms with E-state index in [1.54, 1.807) is 31.4 Å². The van der Waals surface area contributed by atoms with Crippen molar-refractivity contribution in [3.8, 4) is 17.2 Å². The number of nitrogens with one attached hydrogen (secondary N) is 1. The highest BCUT2D eigenvalue weighted by molar-refractivity contribution is 6.36. The molecule has 0 spiro atoms. The topological polar surface area (TPSA) is 86.3 Å². The molecule has 1 aliphatic rings. The molecule has 0 unspecified atom stereocenters. The summed E-state index contributed by atoms with van der Waals surface area (Å²) in [6, 6.07) is 12.4. The molecule has 0 saturated carbocycles. The van der Waals surface area contributed by atoms with Gasteiger partial charge in [0.05, 0.1) is 32.5 Å². The van der Waals surface area contributed by atoms with E-state index in [9.17, 15) is 9.59 Å². The lowest BCUT2D eigenvalue weighted by atomic mass is 10.0. The van der Waals surface area contributed by atoms with Crippen LogP contribution in [0.15, 0.2) is 48.2 Å². The summed E-state index contributed by atoms with van der Waals surface area (Å²) in [5.74, 6) is 0.908. The van der Waals surface area contributed by atoms with Crippen molar-refractivity contribution >= 4 is 23.1 Å². The van der Waals surface area contributed by atoms with Crippen molar-refractivity contribution in [1.29, 1.82) is 0 Å². The first kappa shape index (κ1) is 25.1. The van der Waals surface area contributed by atoms with E-state index < -0.39 is 0 Å². The monoisotopic (exact) mass is 468 g/mol. The largest absolute Gasteiger partial charge is 0.494 e. The smallest absolute Gasteiger partial charge is 0.278 e. The predicted molar refractivity (Wildman–Crippen MR) is 130 cm³/mol. The molecule has 0 radical (unpaired) electrons. The molecule has 3 rings (SSSR count). The molecular formula is C26H32N2O6. The zero-order valence-electron chi connectivity index (χ0n) is 20.3. The Kier molecular flexibility index (Phi) is 8.54. The zero-order valence-corrected chi connectivity index (χ0v) is 20.3. The molecule has 2 aromatic rings. The van der Waals surface area contributed by atoms with Gasteiger partial charge in [-0.2, -0.15) is 0 Å². The first-order valence-corrected chi connectivity index (χ1v) is 11.3. The molecule has 0 aromatic heterocycles. The van der Waals surface area contributed by atoms with E-state index in [-0.39, 0.29) is 35.7 Å². The van der Waals surface area contributed by atoms with Crippen LogP contribution in [0.4, 0.5) is 5.69 Å². The molecule has 2 aromatic carbocycles. The second kappa shape index (κ2) is 11.6. The molecule has 182 valence electrons. The third-order valence-corrected chi connectivity index (χ3v) is 5.23. The summed E-state index contributed by atoms with van der Waals surface area (Å²) >= 11 is 0. The number of benzene rings is 2. The van der Waals surface area contributed by atoms with Gasteiger partial charge in [0.1, 0.15) is 11.4 Å². The molecule has 1 N–H and O–H groups in total. The fourth-order valence-electron chi connectivity index (χ4n) is 3.67. The van der Waals surface area contributed by atoms with Crippen LogP contribution in [0.3, 0.4) is 0 Å².